The first-order valence-corrected chi connectivity index (χ1v) is 7.98. The minimum atomic E-state index is -1.04. The molecule has 0 atom stereocenters. The molecule has 120 valence electrons. The first kappa shape index (κ1) is 16.9. The number of rotatable bonds is 5. The van der Waals surface area contributed by atoms with E-state index in [0.717, 1.165) is 5.75 Å². The molecular formula is C15H18Cl2N2O3. The zero-order valence-electron chi connectivity index (χ0n) is 12.1. The number of para-hydroxylation sites is 1. The summed E-state index contributed by atoms with van der Waals surface area (Å²) in [6, 6.07) is 9.38. The van der Waals surface area contributed by atoms with Gasteiger partial charge in [0.15, 0.2) is 4.84 Å². The van der Waals surface area contributed by atoms with Crippen LogP contribution in [0.4, 0.5) is 0 Å². The molecule has 0 N–H and O–H groups in total. The Bertz CT molecular complexity index is 503. The second-order valence-corrected chi connectivity index (χ2v) is 6.01. The average Bonchev–Trinajstić information content (AvgIpc) is 2.55. The van der Waals surface area contributed by atoms with Crippen LogP contribution in [0.2, 0.25) is 0 Å². The Labute approximate surface area is 139 Å². The van der Waals surface area contributed by atoms with Gasteiger partial charge in [-0.25, -0.2) is 0 Å². The Balaban J connectivity index is 1.70. The Morgan fingerprint density at radius 2 is 1.64 bits per heavy atom. The van der Waals surface area contributed by atoms with E-state index in [9.17, 15) is 9.59 Å². The molecule has 1 fully saturated rings. The van der Waals surface area contributed by atoms with Gasteiger partial charge in [0.1, 0.15) is 5.75 Å². The number of ether oxygens (including phenoxy) is 1. The van der Waals surface area contributed by atoms with Crippen molar-refractivity contribution < 1.29 is 14.3 Å². The Morgan fingerprint density at radius 3 is 2.23 bits per heavy atom. The molecule has 0 aliphatic carbocycles. The summed E-state index contributed by atoms with van der Waals surface area (Å²) >= 11 is 11.1. The molecule has 1 aliphatic rings. The van der Waals surface area contributed by atoms with Crippen molar-refractivity contribution >= 4 is 35.0 Å². The highest BCUT2D eigenvalue weighted by molar-refractivity contribution is 6.53. The lowest BCUT2D eigenvalue weighted by molar-refractivity contribution is -0.138. The van der Waals surface area contributed by atoms with E-state index in [1.807, 2.05) is 30.3 Å². The Morgan fingerprint density at radius 1 is 1.05 bits per heavy atom. The highest BCUT2D eigenvalue weighted by Crippen LogP contribution is 2.12. The van der Waals surface area contributed by atoms with Crippen molar-refractivity contribution in [1.82, 2.24) is 9.80 Å². The smallest absolute Gasteiger partial charge is 0.255 e. The molecule has 1 aromatic rings. The van der Waals surface area contributed by atoms with Gasteiger partial charge in [0.05, 0.1) is 13.0 Å². The lowest BCUT2D eigenvalue weighted by Crippen LogP contribution is -2.51. The highest BCUT2D eigenvalue weighted by Gasteiger charge is 2.26. The lowest BCUT2D eigenvalue weighted by atomic mass is 10.2. The molecule has 0 aromatic heterocycles. The molecule has 22 heavy (non-hydrogen) atoms. The third-order valence-electron chi connectivity index (χ3n) is 3.46. The van der Waals surface area contributed by atoms with Crippen LogP contribution in [-0.2, 0) is 9.59 Å². The predicted molar refractivity (Wildman–Crippen MR) is 85.2 cm³/mol. The molecule has 0 bridgehead atoms. The third kappa shape index (κ3) is 4.78. The van der Waals surface area contributed by atoms with Crippen LogP contribution in [0.3, 0.4) is 0 Å². The fourth-order valence-electron chi connectivity index (χ4n) is 2.25. The topological polar surface area (TPSA) is 49.9 Å². The van der Waals surface area contributed by atoms with Gasteiger partial charge in [-0.2, -0.15) is 0 Å². The number of carbonyl (C=O) groups is 2. The van der Waals surface area contributed by atoms with Crippen molar-refractivity contribution in [3.63, 3.8) is 0 Å². The molecule has 1 saturated heterocycles. The van der Waals surface area contributed by atoms with Crippen LogP contribution in [0, 0.1) is 0 Å². The van der Waals surface area contributed by atoms with E-state index in [2.05, 4.69) is 0 Å². The number of nitrogens with zero attached hydrogens (tertiary/aromatic N) is 2. The molecule has 2 amide bonds. The van der Waals surface area contributed by atoms with Crippen LogP contribution < -0.4 is 4.74 Å². The number of carbonyl (C=O) groups excluding carboxylic acids is 2. The molecule has 1 aromatic carbocycles. The van der Waals surface area contributed by atoms with Crippen LogP contribution in [0.25, 0.3) is 0 Å². The fourth-order valence-corrected chi connectivity index (χ4v) is 2.52. The summed E-state index contributed by atoms with van der Waals surface area (Å²) in [7, 11) is 0. The van der Waals surface area contributed by atoms with E-state index in [1.54, 1.807) is 9.80 Å². The summed E-state index contributed by atoms with van der Waals surface area (Å²) in [5, 5.41) is 0. The number of hydrogen-bond donors (Lipinski definition) is 0. The molecule has 0 radical (unpaired) electrons. The minimum absolute atomic E-state index is 0.0244. The average molecular weight is 345 g/mol. The van der Waals surface area contributed by atoms with Gasteiger partial charge in [-0.1, -0.05) is 41.4 Å². The zero-order chi connectivity index (χ0) is 15.9. The summed E-state index contributed by atoms with van der Waals surface area (Å²) in [6.07, 6.45) is 0.316. The second-order valence-electron chi connectivity index (χ2n) is 4.92. The lowest BCUT2D eigenvalue weighted by Gasteiger charge is -2.35. The number of alkyl halides is 2. The van der Waals surface area contributed by atoms with Gasteiger partial charge >= 0.3 is 0 Å². The van der Waals surface area contributed by atoms with Crippen molar-refractivity contribution in [1.29, 1.82) is 0 Å². The molecule has 0 unspecified atom stereocenters. The van der Waals surface area contributed by atoms with E-state index in [0.29, 0.717) is 39.2 Å². The summed E-state index contributed by atoms with van der Waals surface area (Å²) < 4.78 is 5.51. The van der Waals surface area contributed by atoms with Gasteiger partial charge in [0, 0.05) is 26.2 Å². The number of amides is 2. The second kappa shape index (κ2) is 8.25. The molecule has 0 saturated carbocycles. The normalized spacial score (nSPS) is 15.0. The first-order valence-electron chi connectivity index (χ1n) is 7.10. The van der Waals surface area contributed by atoms with Crippen molar-refractivity contribution in [3.05, 3.63) is 30.3 Å². The quantitative estimate of drug-likeness (QED) is 0.767. The fraction of sp³-hybridized carbons (Fsp3) is 0.467. The van der Waals surface area contributed by atoms with Crippen molar-refractivity contribution in [2.45, 2.75) is 11.3 Å². The van der Waals surface area contributed by atoms with Gasteiger partial charge in [-0.3, -0.25) is 9.59 Å². The molecule has 1 heterocycles. The van der Waals surface area contributed by atoms with Crippen LogP contribution in [0.1, 0.15) is 6.42 Å². The van der Waals surface area contributed by atoms with Crippen LogP contribution in [0.15, 0.2) is 30.3 Å². The highest BCUT2D eigenvalue weighted by atomic mass is 35.5. The maximum Gasteiger partial charge on any atom is 0.255 e. The van der Waals surface area contributed by atoms with E-state index in [4.69, 9.17) is 27.9 Å². The van der Waals surface area contributed by atoms with Gasteiger partial charge in [-0.05, 0) is 12.1 Å². The van der Waals surface area contributed by atoms with E-state index < -0.39 is 4.84 Å². The van der Waals surface area contributed by atoms with E-state index in [1.165, 1.54) is 0 Å². The van der Waals surface area contributed by atoms with Crippen LogP contribution in [0.5, 0.6) is 5.75 Å². The SMILES string of the molecule is O=C(CCOc1ccccc1)N1CCN(C(=O)C(Cl)Cl)CC1. The maximum absolute atomic E-state index is 12.1. The van der Waals surface area contributed by atoms with Gasteiger partial charge < -0.3 is 14.5 Å². The number of piperazine rings is 1. The molecular weight excluding hydrogens is 327 g/mol. The number of benzene rings is 1. The first-order chi connectivity index (χ1) is 10.6. The van der Waals surface area contributed by atoms with Gasteiger partial charge in [0.25, 0.3) is 5.91 Å². The minimum Gasteiger partial charge on any atom is -0.493 e. The predicted octanol–water partition coefficient (Wildman–Crippen LogP) is 1.93. The number of hydrogen-bond acceptors (Lipinski definition) is 3. The maximum atomic E-state index is 12.1. The van der Waals surface area contributed by atoms with Crippen molar-refractivity contribution in [2.24, 2.45) is 0 Å². The Hall–Kier alpha value is -1.46. The summed E-state index contributed by atoms with van der Waals surface area (Å²) in [5.74, 6) is 0.472. The van der Waals surface area contributed by atoms with Crippen LogP contribution in [-0.4, -0.2) is 59.2 Å². The molecule has 1 aliphatic heterocycles. The monoisotopic (exact) mass is 344 g/mol. The number of halogens is 2. The molecule has 0 spiro atoms. The Kier molecular flexibility index (Phi) is 6.34. The van der Waals surface area contributed by atoms with Gasteiger partial charge in [-0.15, -0.1) is 0 Å². The van der Waals surface area contributed by atoms with Crippen molar-refractivity contribution in [3.8, 4) is 5.75 Å². The summed E-state index contributed by atoms with van der Waals surface area (Å²) in [4.78, 5) is 26.0. The van der Waals surface area contributed by atoms with Crippen molar-refractivity contribution in [2.75, 3.05) is 32.8 Å². The molecule has 2 rings (SSSR count). The van der Waals surface area contributed by atoms with Gasteiger partial charge in [0.2, 0.25) is 5.91 Å². The van der Waals surface area contributed by atoms with E-state index in [-0.39, 0.29) is 11.8 Å². The molecule has 7 heteroatoms. The molecule has 5 nitrogen and oxygen atoms in total. The third-order valence-corrected chi connectivity index (χ3v) is 3.83. The summed E-state index contributed by atoms with van der Waals surface area (Å²) in [6.45, 7) is 2.25. The summed E-state index contributed by atoms with van der Waals surface area (Å²) in [5.41, 5.74) is 0. The zero-order valence-corrected chi connectivity index (χ0v) is 13.6. The van der Waals surface area contributed by atoms with E-state index >= 15 is 0 Å². The largest absolute Gasteiger partial charge is 0.493 e. The standard InChI is InChI=1S/C15H18Cl2N2O3/c16-14(17)15(21)19-9-7-18(8-10-19)13(20)6-11-22-12-4-2-1-3-5-12/h1-5,14H,6-11H2. The van der Waals surface area contributed by atoms with Crippen LogP contribution >= 0.6 is 23.2 Å².